The Morgan fingerprint density at radius 3 is 2.49 bits per heavy atom. The van der Waals surface area contributed by atoms with E-state index < -0.39 is 23.5 Å². The molecule has 1 amide bonds. The van der Waals surface area contributed by atoms with E-state index in [1.165, 1.54) is 41.5 Å². The van der Waals surface area contributed by atoms with E-state index in [9.17, 15) is 22.4 Å². The number of rotatable bonds is 6. The SMILES string of the molecule is CC(C)n1cc(-c2cc(F)c3[nH]cc(NC(=O)c4cnn(Cc5ccc(C(F)(F)F)cc5)c4)c3c2)cn1. The summed E-state index contributed by atoms with van der Waals surface area (Å²) in [7, 11) is 0. The monoisotopic (exact) mass is 510 g/mol. The van der Waals surface area contributed by atoms with Crippen molar-refractivity contribution in [2.45, 2.75) is 32.6 Å². The summed E-state index contributed by atoms with van der Waals surface area (Å²) in [6, 6.07) is 8.09. The molecule has 7 nitrogen and oxygen atoms in total. The zero-order valence-electron chi connectivity index (χ0n) is 19.8. The van der Waals surface area contributed by atoms with Crippen molar-refractivity contribution in [3.05, 3.63) is 89.9 Å². The van der Waals surface area contributed by atoms with Crippen molar-refractivity contribution in [2.75, 3.05) is 5.32 Å². The van der Waals surface area contributed by atoms with Gasteiger partial charge in [-0.1, -0.05) is 12.1 Å². The van der Waals surface area contributed by atoms with E-state index in [2.05, 4.69) is 20.5 Å². The van der Waals surface area contributed by atoms with Crippen LogP contribution in [0.2, 0.25) is 0 Å². The number of benzene rings is 2. The van der Waals surface area contributed by atoms with Gasteiger partial charge in [0, 0.05) is 35.6 Å². The van der Waals surface area contributed by atoms with Gasteiger partial charge in [-0.2, -0.15) is 23.4 Å². The van der Waals surface area contributed by atoms with Gasteiger partial charge in [0.05, 0.1) is 41.3 Å². The molecule has 0 spiro atoms. The van der Waals surface area contributed by atoms with E-state index >= 15 is 0 Å². The molecule has 2 N–H and O–H groups in total. The summed E-state index contributed by atoms with van der Waals surface area (Å²) in [5.41, 5.74) is 2.14. The summed E-state index contributed by atoms with van der Waals surface area (Å²) in [5, 5.41) is 11.7. The summed E-state index contributed by atoms with van der Waals surface area (Å²) in [5.74, 6) is -0.923. The first-order valence-electron chi connectivity index (χ1n) is 11.4. The maximum Gasteiger partial charge on any atom is 0.416 e. The summed E-state index contributed by atoms with van der Waals surface area (Å²) >= 11 is 0. The second kappa shape index (κ2) is 9.23. The van der Waals surface area contributed by atoms with Gasteiger partial charge in [0.2, 0.25) is 0 Å². The molecule has 0 bridgehead atoms. The van der Waals surface area contributed by atoms with Gasteiger partial charge in [-0.3, -0.25) is 14.2 Å². The lowest BCUT2D eigenvalue weighted by atomic mass is 10.1. The Morgan fingerprint density at radius 2 is 1.81 bits per heavy atom. The fourth-order valence-electron chi connectivity index (χ4n) is 3.98. The first-order valence-corrected chi connectivity index (χ1v) is 11.4. The van der Waals surface area contributed by atoms with E-state index in [0.717, 1.165) is 17.7 Å². The molecule has 0 fully saturated rings. The number of aromatic nitrogens is 5. The third-order valence-electron chi connectivity index (χ3n) is 5.97. The van der Waals surface area contributed by atoms with E-state index in [-0.39, 0.29) is 23.7 Å². The molecule has 0 saturated heterocycles. The van der Waals surface area contributed by atoms with Crippen LogP contribution >= 0.6 is 0 Å². The highest BCUT2D eigenvalue weighted by atomic mass is 19.4. The lowest BCUT2D eigenvalue weighted by Crippen LogP contribution is -2.11. The standard InChI is InChI=1S/C26H22F4N6O/c1-15(2)36-14-18(9-33-36)17-7-21-23(11-31-24(21)22(27)8-17)34-25(37)19-10-32-35(13-19)12-16-3-5-20(6-4-16)26(28,29)30/h3-11,13-15,31H,12H2,1-2H3,(H,34,37). The van der Waals surface area contributed by atoms with Crippen molar-refractivity contribution in [1.29, 1.82) is 0 Å². The number of hydrogen-bond acceptors (Lipinski definition) is 3. The zero-order chi connectivity index (χ0) is 26.3. The molecule has 5 rings (SSSR count). The first kappa shape index (κ1) is 24.3. The fraction of sp³-hybridized carbons (Fsp3) is 0.192. The van der Waals surface area contributed by atoms with Crippen molar-refractivity contribution >= 4 is 22.5 Å². The van der Waals surface area contributed by atoms with Crippen LogP contribution in [0.1, 0.15) is 41.4 Å². The summed E-state index contributed by atoms with van der Waals surface area (Å²) < 4.78 is 56.3. The van der Waals surface area contributed by atoms with E-state index in [1.54, 1.807) is 16.9 Å². The molecular weight excluding hydrogens is 488 g/mol. The maximum atomic E-state index is 14.8. The molecule has 190 valence electrons. The molecule has 0 atom stereocenters. The highest BCUT2D eigenvalue weighted by Gasteiger charge is 2.29. The van der Waals surface area contributed by atoms with Crippen molar-refractivity contribution < 1.29 is 22.4 Å². The van der Waals surface area contributed by atoms with Crippen LogP contribution in [0.5, 0.6) is 0 Å². The van der Waals surface area contributed by atoms with E-state index in [1.807, 2.05) is 20.0 Å². The fourth-order valence-corrected chi connectivity index (χ4v) is 3.98. The predicted octanol–water partition coefficient (Wildman–Crippen LogP) is 6.27. The number of carbonyl (C=O) groups is 1. The van der Waals surface area contributed by atoms with Crippen LogP contribution in [0.3, 0.4) is 0 Å². The molecule has 11 heteroatoms. The Balaban J connectivity index is 1.34. The number of H-pyrrole nitrogens is 1. The molecule has 3 heterocycles. The quantitative estimate of drug-likeness (QED) is 0.264. The second-order valence-corrected chi connectivity index (χ2v) is 8.96. The number of hydrogen-bond donors (Lipinski definition) is 2. The normalized spacial score (nSPS) is 12.0. The van der Waals surface area contributed by atoms with Gasteiger partial charge >= 0.3 is 6.18 Å². The molecule has 0 unspecified atom stereocenters. The Morgan fingerprint density at radius 1 is 1.05 bits per heavy atom. The Kier molecular flexibility index (Phi) is 6.06. The van der Waals surface area contributed by atoms with Gasteiger partial charge < -0.3 is 10.3 Å². The van der Waals surface area contributed by atoms with Gasteiger partial charge in [-0.25, -0.2) is 4.39 Å². The second-order valence-electron chi connectivity index (χ2n) is 8.96. The topological polar surface area (TPSA) is 80.5 Å². The molecule has 0 aliphatic carbocycles. The van der Waals surface area contributed by atoms with Gasteiger partial charge in [0.1, 0.15) is 5.82 Å². The molecule has 2 aromatic carbocycles. The minimum atomic E-state index is -4.41. The van der Waals surface area contributed by atoms with Gasteiger partial charge in [-0.05, 0) is 49.2 Å². The number of alkyl halides is 3. The smallest absolute Gasteiger partial charge is 0.357 e. The number of aromatic amines is 1. The van der Waals surface area contributed by atoms with Crippen molar-refractivity contribution in [3.8, 4) is 11.1 Å². The van der Waals surface area contributed by atoms with Crippen LogP contribution in [0.4, 0.5) is 23.2 Å². The summed E-state index contributed by atoms with van der Waals surface area (Å²) in [6.07, 6.45) is 3.46. The first-order chi connectivity index (χ1) is 17.6. The molecule has 0 aliphatic heterocycles. The van der Waals surface area contributed by atoms with Gasteiger partial charge in [0.25, 0.3) is 5.91 Å². The Hall–Kier alpha value is -4.41. The van der Waals surface area contributed by atoms with Gasteiger partial charge in [0.15, 0.2) is 0 Å². The molecule has 37 heavy (non-hydrogen) atoms. The molecular formula is C26H22F4N6O. The predicted molar refractivity (Wildman–Crippen MR) is 131 cm³/mol. The third kappa shape index (κ3) is 4.97. The highest BCUT2D eigenvalue weighted by Crippen LogP contribution is 2.32. The number of fused-ring (bicyclic) bond motifs is 1. The average Bonchev–Trinajstić information content (AvgIpc) is 3.59. The maximum absolute atomic E-state index is 14.8. The molecule has 5 aromatic rings. The summed E-state index contributed by atoms with van der Waals surface area (Å²) in [4.78, 5) is 15.7. The number of nitrogens with zero attached hydrogens (tertiary/aromatic N) is 4. The lowest BCUT2D eigenvalue weighted by molar-refractivity contribution is -0.137. The van der Waals surface area contributed by atoms with E-state index in [4.69, 9.17) is 0 Å². The number of nitrogens with one attached hydrogen (secondary N) is 2. The van der Waals surface area contributed by atoms with Crippen LogP contribution in [-0.2, 0) is 12.7 Å². The van der Waals surface area contributed by atoms with Crippen LogP contribution in [0.25, 0.3) is 22.0 Å². The molecule has 0 radical (unpaired) electrons. The lowest BCUT2D eigenvalue weighted by Gasteiger charge is -2.07. The largest absolute Gasteiger partial charge is 0.416 e. The zero-order valence-corrected chi connectivity index (χ0v) is 19.8. The minimum Gasteiger partial charge on any atom is -0.357 e. The van der Waals surface area contributed by atoms with E-state index in [0.29, 0.717) is 22.2 Å². The van der Waals surface area contributed by atoms with Crippen LogP contribution in [0, 0.1) is 5.82 Å². The number of halogens is 4. The van der Waals surface area contributed by atoms with Crippen LogP contribution in [-0.4, -0.2) is 30.5 Å². The third-order valence-corrected chi connectivity index (χ3v) is 5.97. The highest BCUT2D eigenvalue weighted by molar-refractivity contribution is 6.09. The van der Waals surface area contributed by atoms with Crippen LogP contribution in [0.15, 0.2) is 67.4 Å². The molecule has 3 aromatic heterocycles. The molecule has 0 saturated carbocycles. The van der Waals surface area contributed by atoms with Crippen molar-refractivity contribution in [1.82, 2.24) is 24.5 Å². The van der Waals surface area contributed by atoms with Gasteiger partial charge in [-0.15, -0.1) is 0 Å². The number of carbonyl (C=O) groups excluding carboxylic acids is 1. The number of amides is 1. The van der Waals surface area contributed by atoms with Crippen LogP contribution < -0.4 is 5.32 Å². The Bertz CT molecular complexity index is 1580. The minimum absolute atomic E-state index is 0.157. The average molecular weight is 510 g/mol. The van der Waals surface area contributed by atoms with Crippen molar-refractivity contribution in [2.24, 2.45) is 0 Å². The summed E-state index contributed by atoms with van der Waals surface area (Å²) in [6.45, 7) is 4.18. The van der Waals surface area contributed by atoms with Crippen molar-refractivity contribution in [3.63, 3.8) is 0 Å². The molecule has 0 aliphatic rings. The Labute approximate surface area is 208 Å². The number of anilines is 1.